The number of benzene rings is 1. The second kappa shape index (κ2) is 5.90. The van der Waals surface area contributed by atoms with Crippen molar-refractivity contribution in [1.29, 1.82) is 5.26 Å². The molecular formula is C16H15N5O4. The SMILES string of the molecule is C[C@]1(c2cccc(C#N)c2)NC(=O)N(CC(=O)N2CCNC2=O)C1=O. The molecule has 9 nitrogen and oxygen atoms in total. The lowest BCUT2D eigenvalue weighted by Crippen LogP contribution is -2.45. The van der Waals surface area contributed by atoms with Gasteiger partial charge in [0.1, 0.15) is 12.1 Å². The molecule has 128 valence electrons. The van der Waals surface area contributed by atoms with Crippen LogP contribution in [-0.2, 0) is 15.1 Å². The summed E-state index contributed by atoms with van der Waals surface area (Å²) < 4.78 is 0. The van der Waals surface area contributed by atoms with Crippen molar-refractivity contribution in [2.45, 2.75) is 12.5 Å². The molecule has 2 aliphatic heterocycles. The van der Waals surface area contributed by atoms with Crippen LogP contribution in [0.5, 0.6) is 0 Å². The second-order valence-electron chi connectivity index (χ2n) is 5.92. The van der Waals surface area contributed by atoms with E-state index in [1.54, 1.807) is 18.2 Å². The predicted octanol–water partition coefficient (Wildman–Crippen LogP) is -0.123. The molecule has 0 saturated carbocycles. The maximum absolute atomic E-state index is 12.8. The van der Waals surface area contributed by atoms with Crippen LogP contribution < -0.4 is 10.6 Å². The Balaban J connectivity index is 1.83. The summed E-state index contributed by atoms with van der Waals surface area (Å²) >= 11 is 0. The first-order valence-corrected chi connectivity index (χ1v) is 7.60. The summed E-state index contributed by atoms with van der Waals surface area (Å²) in [5.41, 5.74) is -0.583. The summed E-state index contributed by atoms with van der Waals surface area (Å²) in [4.78, 5) is 50.5. The molecule has 1 atom stereocenters. The molecule has 1 aromatic carbocycles. The molecule has 2 heterocycles. The van der Waals surface area contributed by atoms with Crippen molar-refractivity contribution in [1.82, 2.24) is 20.4 Å². The molecule has 9 heteroatoms. The number of amides is 6. The lowest BCUT2D eigenvalue weighted by atomic mass is 9.91. The maximum Gasteiger partial charge on any atom is 0.325 e. The topological polar surface area (TPSA) is 123 Å². The molecule has 0 aliphatic carbocycles. The van der Waals surface area contributed by atoms with Crippen molar-refractivity contribution in [2.75, 3.05) is 19.6 Å². The molecule has 6 amide bonds. The van der Waals surface area contributed by atoms with Crippen molar-refractivity contribution in [3.63, 3.8) is 0 Å². The third-order valence-electron chi connectivity index (χ3n) is 4.30. The Bertz CT molecular complexity index is 830. The zero-order valence-electron chi connectivity index (χ0n) is 13.4. The number of nitrogens with one attached hydrogen (secondary N) is 2. The minimum atomic E-state index is -1.38. The van der Waals surface area contributed by atoms with E-state index in [2.05, 4.69) is 10.6 Å². The van der Waals surface area contributed by atoms with E-state index in [9.17, 15) is 19.2 Å². The van der Waals surface area contributed by atoms with Gasteiger partial charge < -0.3 is 10.6 Å². The number of imide groups is 2. The van der Waals surface area contributed by atoms with E-state index < -0.39 is 36.0 Å². The van der Waals surface area contributed by atoms with Gasteiger partial charge in [0.2, 0.25) is 0 Å². The first-order valence-electron chi connectivity index (χ1n) is 7.60. The second-order valence-corrected chi connectivity index (χ2v) is 5.92. The Morgan fingerprint density at radius 2 is 2.08 bits per heavy atom. The van der Waals surface area contributed by atoms with Gasteiger partial charge in [-0.25, -0.2) is 9.59 Å². The fourth-order valence-corrected chi connectivity index (χ4v) is 2.87. The smallest absolute Gasteiger partial charge is 0.325 e. The molecule has 2 N–H and O–H groups in total. The largest absolute Gasteiger partial charge is 0.336 e. The highest BCUT2D eigenvalue weighted by atomic mass is 16.2. The molecule has 0 aromatic heterocycles. The van der Waals surface area contributed by atoms with Crippen LogP contribution in [0.25, 0.3) is 0 Å². The normalized spacial score (nSPS) is 22.6. The standard InChI is InChI=1S/C16H15N5O4/c1-16(11-4-2-3-10(7-11)8-17)13(23)21(15(25)19-16)9-12(22)20-6-5-18-14(20)24/h2-4,7H,5-6,9H2,1H3,(H,18,24)(H,19,25)/t16-/m1/s1. The third kappa shape index (κ3) is 2.67. The number of nitriles is 1. The van der Waals surface area contributed by atoms with Crippen LogP contribution >= 0.6 is 0 Å². The number of hydrogen-bond acceptors (Lipinski definition) is 5. The van der Waals surface area contributed by atoms with E-state index in [0.717, 1.165) is 9.80 Å². The lowest BCUT2D eigenvalue weighted by molar-refractivity contribution is -0.137. The van der Waals surface area contributed by atoms with Gasteiger partial charge in [0.15, 0.2) is 0 Å². The van der Waals surface area contributed by atoms with Crippen LogP contribution in [0, 0.1) is 11.3 Å². The molecule has 25 heavy (non-hydrogen) atoms. The van der Waals surface area contributed by atoms with Crippen molar-refractivity contribution in [3.8, 4) is 6.07 Å². The summed E-state index contributed by atoms with van der Waals surface area (Å²) in [6, 6.07) is 7.05. The highest BCUT2D eigenvalue weighted by Gasteiger charge is 2.50. The fraction of sp³-hybridized carbons (Fsp3) is 0.312. The van der Waals surface area contributed by atoms with Crippen molar-refractivity contribution in [3.05, 3.63) is 35.4 Å². The summed E-state index contributed by atoms with van der Waals surface area (Å²) in [6.45, 7) is 1.52. The number of hydrogen-bond donors (Lipinski definition) is 2. The Hall–Kier alpha value is -3.41. The molecule has 0 spiro atoms. The van der Waals surface area contributed by atoms with Gasteiger partial charge in [0, 0.05) is 13.1 Å². The minimum absolute atomic E-state index is 0.197. The van der Waals surface area contributed by atoms with Crippen LogP contribution in [-0.4, -0.2) is 53.3 Å². The number of nitrogens with zero attached hydrogens (tertiary/aromatic N) is 3. The number of carbonyl (C=O) groups excluding carboxylic acids is 4. The van der Waals surface area contributed by atoms with Gasteiger partial charge >= 0.3 is 12.1 Å². The van der Waals surface area contributed by atoms with Gasteiger partial charge in [-0.1, -0.05) is 12.1 Å². The summed E-state index contributed by atoms with van der Waals surface area (Å²) in [7, 11) is 0. The summed E-state index contributed by atoms with van der Waals surface area (Å²) in [6.07, 6.45) is 0. The van der Waals surface area contributed by atoms with Crippen LogP contribution in [0.1, 0.15) is 18.1 Å². The molecule has 0 radical (unpaired) electrons. The van der Waals surface area contributed by atoms with Gasteiger partial charge in [0.05, 0.1) is 11.6 Å². The quantitative estimate of drug-likeness (QED) is 0.742. The highest BCUT2D eigenvalue weighted by Crippen LogP contribution is 2.29. The van der Waals surface area contributed by atoms with E-state index in [1.807, 2.05) is 6.07 Å². The van der Waals surface area contributed by atoms with Gasteiger partial charge in [-0.15, -0.1) is 0 Å². The van der Waals surface area contributed by atoms with Gasteiger partial charge in [-0.3, -0.25) is 19.4 Å². The lowest BCUT2D eigenvalue weighted by Gasteiger charge is -2.22. The molecule has 2 fully saturated rings. The monoisotopic (exact) mass is 341 g/mol. The Morgan fingerprint density at radius 3 is 2.72 bits per heavy atom. The van der Waals surface area contributed by atoms with Crippen molar-refractivity contribution >= 4 is 23.9 Å². The zero-order valence-corrected chi connectivity index (χ0v) is 13.4. The zero-order chi connectivity index (χ0) is 18.2. The van der Waals surface area contributed by atoms with E-state index in [4.69, 9.17) is 5.26 Å². The first-order chi connectivity index (χ1) is 11.9. The van der Waals surface area contributed by atoms with E-state index in [-0.39, 0.29) is 6.54 Å². The molecule has 3 rings (SSSR count). The minimum Gasteiger partial charge on any atom is -0.336 e. The Kier molecular flexibility index (Phi) is 3.88. The van der Waals surface area contributed by atoms with Crippen LogP contribution in [0.4, 0.5) is 9.59 Å². The van der Waals surface area contributed by atoms with E-state index in [0.29, 0.717) is 17.7 Å². The van der Waals surface area contributed by atoms with Gasteiger partial charge in [0.25, 0.3) is 11.8 Å². The number of urea groups is 2. The maximum atomic E-state index is 12.8. The van der Waals surface area contributed by atoms with Crippen LogP contribution in [0.3, 0.4) is 0 Å². The molecular weight excluding hydrogens is 326 g/mol. The fourth-order valence-electron chi connectivity index (χ4n) is 2.87. The number of carbonyl (C=O) groups is 4. The van der Waals surface area contributed by atoms with E-state index in [1.165, 1.54) is 13.0 Å². The van der Waals surface area contributed by atoms with Crippen LogP contribution in [0.2, 0.25) is 0 Å². The van der Waals surface area contributed by atoms with Crippen molar-refractivity contribution < 1.29 is 19.2 Å². The average molecular weight is 341 g/mol. The van der Waals surface area contributed by atoms with Crippen molar-refractivity contribution in [2.24, 2.45) is 0 Å². The highest BCUT2D eigenvalue weighted by molar-refractivity contribution is 6.10. The van der Waals surface area contributed by atoms with Gasteiger partial charge in [-0.05, 0) is 24.6 Å². The van der Waals surface area contributed by atoms with Crippen LogP contribution in [0.15, 0.2) is 24.3 Å². The number of rotatable bonds is 3. The molecule has 2 aliphatic rings. The molecule has 1 aromatic rings. The average Bonchev–Trinajstić information content (AvgIpc) is 3.12. The molecule has 0 bridgehead atoms. The Labute approximate surface area is 143 Å². The van der Waals surface area contributed by atoms with Gasteiger partial charge in [-0.2, -0.15) is 5.26 Å². The third-order valence-corrected chi connectivity index (χ3v) is 4.30. The molecule has 2 saturated heterocycles. The molecule has 0 unspecified atom stereocenters. The van der Waals surface area contributed by atoms with E-state index >= 15 is 0 Å². The Morgan fingerprint density at radius 1 is 1.32 bits per heavy atom. The summed E-state index contributed by atoms with van der Waals surface area (Å²) in [5, 5.41) is 14.0. The first kappa shape index (κ1) is 16.4. The predicted molar refractivity (Wildman–Crippen MR) is 83.9 cm³/mol. The summed E-state index contributed by atoms with van der Waals surface area (Å²) in [5.74, 6) is -1.24.